The number of amides is 2. The zero-order valence-electron chi connectivity index (χ0n) is 15.8. The third kappa shape index (κ3) is 4.13. The van der Waals surface area contributed by atoms with Crippen LogP contribution in [0.5, 0.6) is 5.75 Å². The van der Waals surface area contributed by atoms with E-state index >= 15 is 0 Å². The zero-order valence-corrected chi connectivity index (χ0v) is 18.2. The highest BCUT2D eigenvalue weighted by atomic mass is 79.9. The van der Waals surface area contributed by atoms with Crippen LogP contribution in [0.15, 0.2) is 70.0 Å². The van der Waals surface area contributed by atoms with Crippen molar-refractivity contribution in [1.82, 2.24) is 4.90 Å². The van der Waals surface area contributed by atoms with E-state index in [1.807, 2.05) is 60.7 Å². The number of nitrogens with zero attached hydrogens (tertiary/aromatic N) is 1. The molecule has 3 aromatic carbocycles. The van der Waals surface area contributed by atoms with E-state index in [4.69, 9.17) is 11.2 Å². The summed E-state index contributed by atoms with van der Waals surface area (Å²) in [6.45, 7) is 0.343. The molecule has 6 heteroatoms. The molecule has 0 radical (unpaired) electrons. The van der Waals surface area contributed by atoms with Crippen molar-refractivity contribution in [1.29, 1.82) is 0 Å². The SMILES string of the molecule is C#CCN1C(=O)S/C(=C/c2c(OCc3ccc(Br)cc3)ccc3ccccc23)C1=O. The number of benzene rings is 3. The summed E-state index contributed by atoms with van der Waals surface area (Å²) in [5.41, 5.74) is 1.78. The molecule has 1 fully saturated rings. The highest BCUT2D eigenvalue weighted by Gasteiger charge is 2.34. The number of thioether (sulfide) groups is 1. The summed E-state index contributed by atoms with van der Waals surface area (Å²) in [5.74, 6) is 2.61. The van der Waals surface area contributed by atoms with Gasteiger partial charge in [-0.3, -0.25) is 14.5 Å². The van der Waals surface area contributed by atoms with Crippen LogP contribution in [0, 0.1) is 12.3 Å². The number of imide groups is 1. The minimum atomic E-state index is -0.380. The molecule has 1 aliphatic rings. The molecule has 30 heavy (non-hydrogen) atoms. The Morgan fingerprint density at radius 3 is 2.60 bits per heavy atom. The van der Waals surface area contributed by atoms with Gasteiger partial charge in [0.05, 0.1) is 11.4 Å². The van der Waals surface area contributed by atoms with E-state index in [2.05, 4.69) is 21.9 Å². The highest BCUT2D eigenvalue weighted by Crippen LogP contribution is 2.37. The minimum absolute atomic E-state index is 0.0372. The van der Waals surface area contributed by atoms with Gasteiger partial charge in [-0.2, -0.15) is 0 Å². The maximum absolute atomic E-state index is 12.6. The first-order chi connectivity index (χ1) is 14.6. The second kappa shape index (κ2) is 8.78. The molecule has 0 N–H and O–H groups in total. The number of halogens is 1. The zero-order chi connectivity index (χ0) is 21.1. The molecule has 0 aromatic heterocycles. The number of rotatable bonds is 5. The Hall–Kier alpha value is -3.01. The van der Waals surface area contributed by atoms with Crippen molar-refractivity contribution in [2.24, 2.45) is 0 Å². The summed E-state index contributed by atoms with van der Waals surface area (Å²) in [6.07, 6.45) is 7.01. The molecule has 4 rings (SSSR count). The molecule has 0 saturated carbocycles. The Kier molecular flexibility index (Phi) is 5.93. The number of carbonyl (C=O) groups is 2. The largest absolute Gasteiger partial charge is 0.488 e. The highest BCUT2D eigenvalue weighted by molar-refractivity contribution is 9.10. The summed E-state index contributed by atoms with van der Waals surface area (Å²) >= 11 is 4.32. The van der Waals surface area contributed by atoms with Gasteiger partial charge in [-0.15, -0.1) is 6.42 Å². The Bertz CT molecular complexity index is 1210. The van der Waals surface area contributed by atoms with E-state index < -0.39 is 0 Å². The number of ether oxygens (including phenoxy) is 1. The Labute approximate surface area is 187 Å². The van der Waals surface area contributed by atoms with Gasteiger partial charge >= 0.3 is 0 Å². The molecule has 0 unspecified atom stereocenters. The van der Waals surface area contributed by atoms with Crippen LogP contribution in [0.2, 0.25) is 0 Å². The molecule has 1 aliphatic heterocycles. The fourth-order valence-corrected chi connectivity index (χ4v) is 4.24. The third-order valence-electron chi connectivity index (χ3n) is 4.64. The number of hydrogen-bond acceptors (Lipinski definition) is 4. The molecule has 0 bridgehead atoms. The van der Waals surface area contributed by atoms with Crippen molar-refractivity contribution in [3.63, 3.8) is 0 Å². The van der Waals surface area contributed by atoms with Gasteiger partial charge in [-0.25, -0.2) is 0 Å². The van der Waals surface area contributed by atoms with Gasteiger partial charge in [0.15, 0.2) is 0 Å². The van der Waals surface area contributed by atoms with Gasteiger partial charge < -0.3 is 4.74 Å². The van der Waals surface area contributed by atoms with Crippen molar-refractivity contribution < 1.29 is 14.3 Å². The van der Waals surface area contributed by atoms with E-state index in [0.717, 1.165) is 43.0 Å². The first-order valence-electron chi connectivity index (χ1n) is 9.14. The number of fused-ring (bicyclic) bond motifs is 1. The summed E-state index contributed by atoms with van der Waals surface area (Å²) < 4.78 is 7.11. The lowest BCUT2D eigenvalue weighted by molar-refractivity contribution is -0.122. The molecule has 0 atom stereocenters. The van der Waals surface area contributed by atoms with E-state index in [1.54, 1.807) is 6.08 Å². The third-order valence-corrected chi connectivity index (χ3v) is 6.07. The second-order valence-electron chi connectivity index (χ2n) is 6.59. The van der Waals surface area contributed by atoms with Crippen molar-refractivity contribution in [2.45, 2.75) is 6.61 Å². The maximum Gasteiger partial charge on any atom is 0.294 e. The van der Waals surface area contributed by atoms with Crippen LogP contribution in [-0.4, -0.2) is 22.6 Å². The van der Waals surface area contributed by atoms with Crippen LogP contribution < -0.4 is 4.74 Å². The molecule has 148 valence electrons. The monoisotopic (exact) mass is 477 g/mol. The molecular formula is C24H16BrNO3S. The van der Waals surface area contributed by atoms with E-state index in [0.29, 0.717) is 17.3 Å². The van der Waals surface area contributed by atoms with Gasteiger partial charge in [0.1, 0.15) is 12.4 Å². The van der Waals surface area contributed by atoms with Crippen LogP contribution in [0.3, 0.4) is 0 Å². The van der Waals surface area contributed by atoms with Crippen molar-refractivity contribution in [3.05, 3.63) is 81.2 Å². The summed E-state index contributed by atoms with van der Waals surface area (Å²) in [5, 5.41) is 1.60. The molecule has 1 heterocycles. The van der Waals surface area contributed by atoms with Crippen LogP contribution >= 0.6 is 27.7 Å². The second-order valence-corrected chi connectivity index (χ2v) is 8.49. The number of carbonyl (C=O) groups excluding carboxylic acids is 2. The van der Waals surface area contributed by atoms with E-state index in [9.17, 15) is 9.59 Å². The van der Waals surface area contributed by atoms with Crippen LogP contribution in [-0.2, 0) is 11.4 Å². The molecule has 4 nitrogen and oxygen atoms in total. The fourth-order valence-electron chi connectivity index (χ4n) is 3.15. The van der Waals surface area contributed by atoms with Gasteiger partial charge in [-0.1, -0.05) is 64.3 Å². The van der Waals surface area contributed by atoms with Gasteiger partial charge in [0.2, 0.25) is 0 Å². The molecule has 2 amide bonds. The topological polar surface area (TPSA) is 46.6 Å². The lowest BCUT2D eigenvalue weighted by Gasteiger charge is -2.13. The van der Waals surface area contributed by atoms with Crippen molar-refractivity contribution in [2.75, 3.05) is 6.54 Å². The first-order valence-corrected chi connectivity index (χ1v) is 10.8. The molecule has 0 aliphatic carbocycles. The lowest BCUT2D eigenvalue weighted by Crippen LogP contribution is -2.28. The first kappa shape index (κ1) is 20.3. The normalized spacial score (nSPS) is 15.1. The number of hydrogen-bond donors (Lipinski definition) is 0. The molecule has 3 aromatic rings. The summed E-state index contributed by atoms with van der Waals surface area (Å²) in [7, 11) is 0. The quantitative estimate of drug-likeness (QED) is 0.341. The van der Waals surface area contributed by atoms with Crippen molar-refractivity contribution >= 4 is 55.7 Å². The van der Waals surface area contributed by atoms with Crippen LogP contribution in [0.1, 0.15) is 11.1 Å². The van der Waals surface area contributed by atoms with E-state index in [-0.39, 0.29) is 17.7 Å². The lowest BCUT2D eigenvalue weighted by atomic mass is 10.0. The van der Waals surface area contributed by atoms with Crippen LogP contribution in [0.25, 0.3) is 16.8 Å². The minimum Gasteiger partial charge on any atom is -0.488 e. The van der Waals surface area contributed by atoms with Crippen molar-refractivity contribution in [3.8, 4) is 18.1 Å². The van der Waals surface area contributed by atoms with Crippen LogP contribution in [0.4, 0.5) is 4.79 Å². The van der Waals surface area contributed by atoms with Gasteiger partial charge in [-0.05, 0) is 52.4 Å². The smallest absolute Gasteiger partial charge is 0.294 e. The standard InChI is InChI=1S/C24H16BrNO3S/c1-2-13-26-23(27)22(30-24(26)28)14-20-19-6-4-3-5-17(19)9-12-21(20)29-15-16-7-10-18(25)11-8-16/h1,3-12,14H,13,15H2/b22-14+. The Morgan fingerprint density at radius 2 is 1.83 bits per heavy atom. The molecular weight excluding hydrogens is 462 g/mol. The molecule has 1 saturated heterocycles. The maximum atomic E-state index is 12.6. The summed E-state index contributed by atoms with van der Waals surface area (Å²) in [6, 6.07) is 19.6. The molecule has 0 spiro atoms. The average Bonchev–Trinajstić information content (AvgIpc) is 3.02. The Morgan fingerprint density at radius 1 is 1.07 bits per heavy atom. The average molecular weight is 478 g/mol. The van der Waals surface area contributed by atoms with E-state index in [1.165, 1.54) is 0 Å². The Balaban J connectivity index is 1.73. The van der Waals surface area contributed by atoms with Gasteiger partial charge in [0, 0.05) is 10.0 Å². The summed E-state index contributed by atoms with van der Waals surface area (Å²) in [4.78, 5) is 26.2. The predicted molar refractivity (Wildman–Crippen MR) is 124 cm³/mol. The number of terminal acetylenes is 1. The fraction of sp³-hybridized carbons (Fsp3) is 0.0833. The predicted octanol–water partition coefficient (Wildman–Crippen LogP) is 5.85. The van der Waals surface area contributed by atoms with Gasteiger partial charge in [0.25, 0.3) is 11.1 Å².